The number of carbonyl (C=O) groups excluding carboxylic acids is 2. The molecule has 2 heterocycles. The van der Waals surface area contributed by atoms with Gasteiger partial charge in [0.25, 0.3) is 11.5 Å². The van der Waals surface area contributed by atoms with Crippen molar-refractivity contribution in [2.45, 2.75) is 58.4 Å². The molecule has 6 heteroatoms. The lowest BCUT2D eigenvalue weighted by Gasteiger charge is -2.33. The van der Waals surface area contributed by atoms with E-state index in [1.54, 1.807) is 4.90 Å². The maximum absolute atomic E-state index is 12.9. The molecule has 6 nitrogen and oxygen atoms in total. The minimum atomic E-state index is -0.377. The molecule has 1 aliphatic heterocycles. The number of hydrogen-bond acceptors (Lipinski definition) is 4. The Morgan fingerprint density at radius 1 is 1.19 bits per heavy atom. The minimum absolute atomic E-state index is 0.00883. The number of hydrogen-bond donors (Lipinski definition) is 2. The zero-order valence-electron chi connectivity index (χ0n) is 16.3. The van der Waals surface area contributed by atoms with Gasteiger partial charge in [0.2, 0.25) is 0 Å². The predicted molar refractivity (Wildman–Crippen MR) is 103 cm³/mol. The molecule has 0 atom stereocenters. The Hall–Kier alpha value is -1.95. The molecule has 1 saturated carbocycles. The SMILES string of the molecule is CC1(C)CC(=O)c2cc(C(=O)N3CCC(NCC4CC4)CC3)c(=O)[nH]c2C1. The number of likely N-dealkylation sites (tertiary alicyclic amines) is 1. The number of amides is 1. The first-order valence-electron chi connectivity index (χ1n) is 10.1. The number of ketones is 1. The Balaban J connectivity index is 1.45. The summed E-state index contributed by atoms with van der Waals surface area (Å²) in [6.07, 6.45) is 5.58. The number of pyridine rings is 1. The van der Waals surface area contributed by atoms with Gasteiger partial charge in [0, 0.05) is 36.8 Å². The van der Waals surface area contributed by atoms with Crippen molar-refractivity contribution in [1.29, 1.82) is 0 Å². The summed E-state index contributed by atoms with van der Waals surface area (Å²) >= 11 is 0. The molecular formula is C21H29N3O3. The van der Waals surface area contributed by atoms with Crippen LogP contribution in [0.25, 0.3) is 0 Å². The summed E-state index contributed by atoms with van der Waals surface area (Å²) in [6, 6.07) is 1.99. The number of aromatic amines is 1. The number of nitrogens with one attached hydrogen (secondary N) is 2. The molecule has 0 radical (unpaired) electrons. The summed E-state index contributed by atoms with van der Waals surface area (Å²) in [5.74, 6) is 0.605. The number of piperidine rings is 1. The fourth-order valence-electron chi connectivity index (χ4n) is 4.30. The maximum atomic E-state index is 12.9. The van der Waals surface area contributed by atoms with E-state index in [4.69, 9.17) is 0 Å². The fraction of sp³-hybridized carbons (Fsp3) is 0.667. The van der Waals surface area contributed by atoms with Crippen LogP contribution in [0.5, 0.6) is 0 Å². The van der Waals surface area contributed by atoms with E-state index in [9.17, 15) is 14.4 Å². The predicted octanol–water partition coefficient (Wildman–Crippen LogP) is 2.13. The lowest BCUT2D eigenvalue weighted by Crippen LogP contribution is -2.46. The lowest BCUT2D eigenvalue weighted by molar-refractivity contribution is 0.0703. The van der Waals surface area contributed by atoms with Crippen molar-refractivity contribution in [3.63, 3.8) is 0 Å². The minimum Gasteiger partial charge on any atom is -0.338 e. The van der Waals surface area contributed by atoms with Crippen LogP contribution in [0.2, 0.25) is 0 Å². The van der Waals surface area contributed by atoms with Gasteiger partial charge in [0.15, 0.2) is 5.78 Å². The van der Waals surface area contributed by atoms with Gasteiger partial charge >= 0.3 is 0 Å². The molecule has 0 aromatic carbocycles. The molecule has 2 N–H and O–H groups in total. The molecular weight excluding hydrogens is 342 g/mol. The summed E-state index contributed by atoms with van der Waals surface area (Å²) in [5.41, 5.74) is 0.747. The van der Waals surface area contributed by atoms with Crippen LogP contribution in [0, 0.1) is 11.3 Å². The van der Waals surface area contributed by atoms with Gasteiger partial charge in [0.05, 0.1) is 0 Å². The molecule has 146 valence electrons. The van der Waals surface area contributed by atoms with E-state index in [1.165, 1.54) is 18.9 Å². The largest absolute Gasteiger partial charge is 0.338 e. The zero-order valence-corrected chi connectivity index (χ0v) is 16.3. The van der Waals surface area contributed by atoms with Gasteiger partial charge in [-0.2, -0.15) is 0 Å². The number of H-pyrrole nitrogens is 1. The van der Waals surface area contributed by atoms with Crippen molar-refractivity contribution in [3.8, 4) is 0 Å². The number of rotatable bonds is 4. The van der Waals surface area contributed by atoms with Gasteiger partial charge in [-0.1, -0.05) is 13.8 Å². The molecule has 2 aliphatic carbocycles. The highest BCUT2D eigenvalue weighted by Crippen LogP contribution is 2.33. The molecule has 1 aromatic rings. The number of nitrogens with zero attached hydrogens (tertiary/aromatic N) is 1. The first-order valence-corrected chi connectivity index (χ1v) is 10.1. The number of aromatic nitrogens is 1. The van der Waals surface area contributed by atoms with Crippen molar-refractivity contribution in [2.24, 2.45) is 11.3 Å². The molecule has 1 saturated heterocycles. The van der Waals surface area contributed by atoms with Gasteiger partial charge in [0.1, 0.15) is 5.56 Å². The van der Waals surface area contributed by atoms with Crippen molar-refractivity contribution >= 4 is 11.7 Å². The molecule has 0 unspecified atom stereocenters. The molecule has 0 bridgehead atoms. The maximum Gasteiger partial charge on any atom is 0.261 e. The summed E-state index contributed by atoms with van der Waals surface area (Å²) in [6.45, 7) is 6.43. The first-order chi connectivity index (χ1) is 12.8. The first kappa shape index (κ1) is 18.4. The van der Waals surface area contributed by atoms with Crippen LogP contribution in [0.1, 0.15) is 72.4 Å². The van der Waals surface area contributed by atoms with Crippen LogP contribution in [0.4, 0.5) is 0 Å². The number of Topliss-reactive ketones (excluding diaryl/α,β-unsaturated/α-hetero) is 1. The fourth-order valence-corrected chi connectivity index (χ4v) is 4.30. The van der Waals surface area contributed by atoms with E-state index in [1.807, 2.05) is 13.8 Å². The molecule has 1 amide bonds. The standard InChI is InChI=1S/C21H29N3O3/c1-21(2)10-17-15(18(25)11-21)9-16(19(26)23-17)20(27)24-7-5-14(6-8-24)22-12-13-3-4-13/h9,13-14,22H,3-8,10-12H2,1-2H3,(H,23,26). The zero-order chi connectivity index (χ0) is 19.2. The summed E-state index contributed by atoms with van der Waals surface area (Å²) in [4.78, 5) is 42.5. The van der Waals surface area contributed by atoms with E-state index in [2.05, 4.69) is 10.3 Å². The Morgan fingerprint density at radius 2 is 1.89 bits per heavy atom. The van der Waals surface area contributed by atoms with Crippen LogP contribution in [0.3, 0.4) is 0 Å². The van der Waals surface area contributed by atoms with E-state index in [0.29, 0.717) is 43.2 Å². The molecule has 0 spiro atoms. The van der Waals surface area contributed by atoms with Crippen LogP contribution in [-0.2, 0) is 6.42 Å². The number of fused-ring (bicyclic) bond motifs is 1. The molecule has 27 heavy (non-hydrogen) atoms. The Morgan fingerprint density at radius 3 is 2.56 bits per heavy atom. The Bertz CT molecular complexity index is 814. The second-order valence-corrected chi connectivity index (χ2v) is 9.26. The highest BCUT2D eigenvalue weighted by molar-refractivity contribution is 6.02. The molecule has 4 rings (SSSR count). The van der Waals surface area contributed by atoms with Gasteiger partial charge < -0.3 is 15.2 Å². The van der Waals surface area contributed by atoms with Crippen LogP contribution < -0.4 is 10.9 Å². The second kappa shape index (κ2) is 6.89. The van der Waals surface area contributed by atoms with Crippen LogP contribution >= 0.6 is 0 Å². The summed E-state index contributed by atoms with van der Waals surface area (Å²) in [5, 5.41) is 3.60. The van der Waals surface area contributed by atoms with Gasteiger partial charge in [-0.25, -0.2) is 0 Å². The van der Waals surface area contributed by atoms with Crippen molar-refractivity contribution < 1.29 is 9.59 Å². The van der Waals surface area contributed by atoms with E-state index >= 15 is 0 Å². The third kappa shape index (κ3) is 4.00. The van der Waals surface area contributed by atoms with E-state index in [-0.39, 0.29) is 28.2 Å². The Labute approximate surface area is 159 Å². The average molecular weight is 371 g/mol. The third-order valence-electron chi connectivity index (χ3n) is 6.12. The van der Waals surface area contributed by atoms with Gasteiger partial charge in [-0.05, 0) is 56.0 Å². The van der Waals surface area contributed by atoms with Gasteiger partial charge in [-0.3, -0.25) is 14.4 Å². The van der Waals surface area contributed by atoms with E-state index < -0.39 is 0 Å². The van der Waals surface area contributed by atoms with Crippen molar-refractivity contribution in [1.82, 2.24) is 15.2 Å². The summed E-state index contributed by atoms with van der Waals surface area (Å²) in [7, 11) is 0. The van der Waals surface area contributed by atoms with Crippen molar-refractivity contribution in [2.75, 3.05) is 19.6 Å². The summed E-state index contributed by atoms with van der Waals surface area (Å²) < 4.78 is 0. The van der Waals surface area contributed by atoms with Crippen molar-refractivity contribution in [3.05, 3.63) is 33.2 Å². The second-order valence-electron chi connectivity index (χ2n) is 9.26. The van der Waals surface area contributed by atoms with E-state index in [0.717, 1.165) is 25.3 Å². The third-order valence-corrected chi connectivity index (χ3v) is 6.12. The smallest absolute Gasteiger partial charge is 0.261 e. The highest BCUT2D eigenvalue weighted by Gasteiger charge is 2.34. The highest BCUT2D eigenvalue weighted by atomic mass is 16.2. The van der Waals surface area contributed by atoms with Gasteiger partial charge in [-0.15, -0.1) is 0 Å². The topological polar surface area (TPSA) is 82.3 Å². The molecule has 3 aliphatic rings. The monoisotopic (exact) mass is 371 g/mol. The quantitative estimate of drug-likeness (QED) is 0.849. The Kier molecular flexibility index (Phi) is 4.70. The number of carbonyl (C=O) groups is 2. The lowest BCUT2D eigenvalue weighted by atomic mass is 9.75. The van der Waals surface area contributed by atoms with Crippen LogP contribution in [0.15, 0.2) is 10.9 Å². The normalized spacial score (nSPS) is 22.6. The van der Waals surface area contributed by atoms with Crippen LogP contribution in [-0.4, -0.2) is 47.3 Å². The average Bonchev–Trinajstić information content (AvgIpc) is 3.43. The molecule has 2 fully saturated rings. The molecule has 1 aromatic heterocycles.